The number of nitrogens with one attached hydrogen (secondary N) is 2. The van der Waals surface area contributed by atoms with Crippen molar-refractivity contribution in [1.82, 2.24) is 9.97 Å². The van der Waals surface area contributed by atoms with Crippen molar-refractivity contribution in [2.24, 2.45) is 0 Å². The van der Waals surface area contributed by atoms with Crippen molar-refractivity contribution in [3.8, 4) is 0 Å². The maximum absolute atomic E-state index is 12.4. The molecule has 3 aromatic rings. The van der Waals surface area contributed by atoms with Crippen LogP contribution in [-0.2, 0) is 6.42 Å². The van der Waals surface area contributed by atoms with E-state index in [9.17, 15) is 9.59 Å². The quantitative estimate of drug-likeness (QED) is 0.585. The number of amides is 1. The van der Waals surface area contributed by atoms with Crippen molar-refractivity contribution in [2.45, 2.75) is 13.3 Å². The smallest absolute Gasteiger partial charge is 0.274 e. The summed E-state index contributed by atoms with van der Waals surface area (Å²) in [6.45, 7) is 2.10. The zero-order chi connectivity index (χ0) is 19.9. The summed E-state index contributed by atoms with van der Waals surface area (Å²) in [7, 11) is 0. The Labute approximate surface area is 168 Å². The first kappa shape index (κ1) is 19.5. The van der Waals surface area contributed by atoms with Gasteiger partial charge in [-0.25, -0.2) is 9.97 Å². The number of Topliss-reactive ketones (excluding diaryl/α,β-unsaturated/α-hetero) is 1. The molecule has 142 valence electrons. The number of carbonyl (C=O) groups is 2. The fourth-order valence-corrected chi connectivity index (χ4v) is 2.68. The highest BCUT2D eigenvalue weighted by molar-refractivity contribution is 6.30. The molecule has 0 spiro atoms. The zero-order valence-electron chi connectivity index (χ0n) is 15.3. The van der Waals surface area contributed by atoms with E-state index in [0.717, 1.165) is 12.0 Å². The van der Waals surface area contributed by atoms with E-state index in [0.29, 0.717) is 28.8 Å². The summed E-state index contributed by atoms with van der Waals surface area (Å²) in [6, 6.07) is 15.9. The lowest BCUT2D eigenvalue weighted by Gasteiger charge is -2.08. The Morgan fingerprint density at radius 3 is 2.61 bits per heavy atom. The summed E-state index contributed by atoms with van der Waals surface area (Å²) in [6.07, 6.45) is 2.30. The number of ketones is 1. The molecule has 0 radical (unpaired) electrons. The number of hydrogen-bond donors (Lipinski definition) is 2. The molecule has 0 bridgehead atoms. The molecule has 28 heavy (non-hydrogen) atoms. The van der Waals surface area contributed by atoms with Crippen molar-refractivity contribution in [3.63, 3.8) is 0 Å². The number of rotatable bonds is 7. The molecule has 3 rings (SSSR count). The third kappa shape index (κ3) is 5.37. The monoisotopic (exact) mass is 394 g/mol. The van der Waals surface area contributed by atoms with Gasteiger partial charge in [0, 0.05) is 29.0 Å². The van der Waals surface area contributed by atoms with Crippen LogP contribution in [0.25, 0.3) is 0 Å². The molecule has 2 aromatic carbocycles. The molecule has 0 saturated carbocycles. The van der Waals surface area contributed by atoms with Crippen LogP contribution in [0.1, 0.15) is 33.3 Å². The SMILES string of the molecule is CC(=O)c1cccc(NC(=O)c2ccnc(NCCc3ccc(Cl)cc3)n2)c1. The van der Waals surface area contributed by atoms with Crippen LogP contribution in [0.15, 0.2) is 60.8 Å². The summed E-state index contributed by atoms with van der Waals surface area (Å²) < 4.78 is 0. The van der Waals surface area contributed by atoms with E-state index in [4.69, 9.17) is 11.6 Å². The normalized spacial score (nSPS) is 10.4. The number of halogens is 1. The summed E-state index contributed by atoms with van der Waals surface area (Å²) in [4.78, 5) is 32.3. The Morgan fingerprint density at radius 2 is 1.86 bits per heavy atom. The Balaban J connectivity index is 1.60. The van der Waals surface area contributed by atoms with E-state index >= 15 is 0 Å². The van der Waals surface area contributed by atoms with Gasteiger partial charge in [0.05, 0.1) is 0 Å². The summed E-state index contributed by atoms with van der Waals surface area (Å²) in [5.74, 6) is -0.0618. The van der Waals surface area contributed by atoms with Gasteiger partial charge >= 0.3 is 0 Å². The molecule has 0 aliphatic heterocycles. The molecule has 7 heteroatoms. The van der Waals surface area contributed by atoms with Crippen molar-refractivity contribution in [2.75, 3.05) is 17.2 Å². The molecule has 0 fully saturated rings. The molecule has 0 aliphatic rings. The van der Waals surface area contributed by atoms with Crippen LogP contribution in [0, 0.1) is 0 Å². The molecule has 1 amide bonds. The molecule has 6 nitrogen and oxygen atoms in total. The van der Waals surface area contributed by atoms with Gasteiger partial charge in [-0.2, -0.15) is 0 Å². The third-order valence-electron chi connectivity index (χ3n) is 4.03. The first-order valence-electron chi connectivity index (χ1n) is 8.75. The second-order valence-electron chi connectivity index (χ2n) is 6.16. The summed E-state index contributed by atoms with van der Waals surface area (Å²) in [5.41, 5.74) is 2.44. The van der Waals surface area contributed by atoms with Crippen molar-refractivity contribution in [3.05, 3.63) is 82.6 Å². The standard InChI is InChI=1S/C21H19ClN4O2/c1-14(27)16-3-2-4-18(13-16)25-20(28)19-10-12-24-21(26-19)23-11-9-15-5-7-17(22)8-6-15/h2-8,10,12-13H,9,11H2,1H3,(H,25,28)(H,23,24,26). The second-order valence-corrected chi connectivity index (χ2v) is 6.60. The van der Waals surface area contributed by atoms with Crippen molar-refractivity contribution >= 4 is 34.9 Å². The van der Waals surface area contributed by atoms with E-state index in [1.807, 2.05) is 24.3 Å². The van der Waals surface area contributed by atoms with Gasteiger partial charge in [-0.15, -0.1) is 0 Å². The van der Waals surface area contributed by atoms with Crippen LogP contribution in [0.4, 0.5) is 11.6 Å². The first-order valence-corrected chi connectivity index (χ1v) is 9.13. The van der Waals surface area contributed by atoms with Crippen LogP contribution in [0.5, 0.6) is 0 Å². The molecule has 0 atom stereocenters. The van der Waals surface area contributed by atoms with Crippen LogP contribution < -0.4 is 10.6 Å². The molecule has 2 N–H and O–H groups in total. The average molecular weight is 395 g/mol. The maximum Gasteiger partial charge on any atom is 0.274 e. The highest BCUT2D eigenvalue weighted by Crippen LogP contribution is 2.13. The predicted molar refractivity (Wildman–Crippen MR) is 110 cm³/mol. The lowest BCUT2D eigenvalue weighted by Crippen LogP contribution is -2.16. The fraction of sp³-hybridized carbons (Fsp3) is 0.143. The topological polar surface area (TPSA) is 84.0 Å². The minimum Gasteiger partial charge on any atom is -0.354 e. The summed E-state index contributed by atoms with van der Waals surface area (Å²) >= 11 is 5.88. The lowest BCUT2D eigenvalue weighted by atomic mass is 10.1. The number of hydrogen-bond acceptors (Lipinski definition) is 5. The molecule has 0 saturated heterocycles. The van der Waals surface area contributed by atoms with E-state index in [2.05, 4.69) is 20.6 Å². The van der Waals surface area contributed by atoms with Gasteiger partial charge in [-0.1, -0.05) is 35.9 Å². The van der Waals surface area contributed by atoms with Crippen LogP contribution in [0.2, 0.25) is 5.02 Å². The lowest BCUT2D eigenvalue weighted by molar-refractivity contribution is 0.100. The second kappa shape index (κ2) is 9.10. The highest BCUT2D eigenvalue weighted by atomic mass is 35.5. The largest absolute Gasteiger partial charge is 0.354 e. The number of aromatic nitrogens is 2. The molecular formula is C21H19ClN4O2. The van der Waals surface area contributed by atoms with Crippen LogP contribution >= 0.6 is 11.6 Å². The first-order chi connectivity index (χ1) is 13.5. The number of anilines is 2. The van der Waals surface area contributed by atoms with E-state index in [1.54, 1.807) is 24.3 Å². The minimum absolute atomic E-state index is 0.0645. The van der Waals surface area contributed by atoms with Crippen molar-refractivity contribution < 1.29 is 9.59 Å². The zero-order valence-corrected chi connectivity index (χ0v) is 16.0. The maximum atomic E-state index is 12.4. The van der Waals surface area contributed by atoms with E-state index in [1.165, 1.54) is 19.2 Å². The van der Waals surface area contributed by atoms with Crippen LogP contribution in [0.3, 0.4) is 0 Å². The summed E-state index contributed by atoms with van der Waals surface area (Å²) in [5, 5.41) is 6.56. The Bertz CT molecular complexity index is 990. The fourth-order valence-electron chi connectivity index (χ4n) is 2.55. The van der Waals surface area contributed by atoms with Gasteiger partial charge in [-0.05, 0) is 49.2 Å². The van der Waals surface area contributed by atoms with Gasteiger partial charge in [0.2, 0.25) is 5.95 Å². The molecule has 1 aromatic heterocycles. The van der Waals surface area contributed by atoms with E-state index < -0.39 is 0 Å². The number of nitrogens with zero attached hydrogens (tertiary/aromatic N) is 2. The third-order valence-corrected chi connectivity index (χ3v) is 4.28. The van der Waals surface area contributed by atoms with E-state index in [-0.39, 0.29) is 17.4 Å². The predicted octanol–water partition coefficient (Wildman–Crippen LogP) is 4.24. The van der Waals surface area contributed by atoms with Gasteiger partial charge in [0.25, 0.3) is 5.91 Å². The molecule has 1 heterocycles. The average Bonchev–Trinajstić information content (AvgIpc) is 2.70. The Morgan fingerprint density at radius 1 is 1.07 bits per heavy atom. The van der Waals surface area contributed by atoms with Crippen LogP contribution in [-0.4, -0.2) is 28.2 Å². The van der Waals surface area contributed by atoms with Gasteiger partial charge in [0.1, 0.15) is 5.69 Å². The van der Waals surface area contributed by atoms with Crippen molar-refractivity contribution in [1.29, 1.82) is 0 Å². The highest BCUT2D eigenvalue weighted by Gasteiger charge is 2.10. The number of carbonyl (C=O) groups excluding carboxylic acids is 2. The number of benzene rings is 2. The Hall–Kier alpha value is -3.25. The molecule has 0 unspecified atom stereocenters. The van der Waals surface area contributed by atoms with Gasteiger partial charge < -0.3 is 10.6 Å². The molecule has 0 aliphatic carbocycles. The van der Waals surface area contributed by atoms with Gasteiger partial charge in [0.15, 0.2) is 5.78 Å². The molecular weight excluding hydrogens is 376 g/mol. The minimum atomic E-state index is -0.371. The Kier molecular flexibility index (Phi) is 6.34. The van der Waals surface area contributed by atoms with Gasteiger partial charge in [-0.3, -0.25) is 9.59 Å².